The Kier molecular flexibility index (Phi) is 8.44. The summed E-state index contributed by atoms with van der Waals surface area (Å²) in [5, 5.41) is 7.01. The number of hydrogen-bond donors (Lipinski definition) is 2. The Hall–Kier alpha value is -1.07. The van der Waals surface area contributed by atoms with Gasteiger partial charge in [-0.2, -0.15) is 5.10 Å². The van der Waals surface area contributed by atoms with Crippen LogP contribution in [-0.2, 0) is 11.3 Å². The Labute approximate surface area is 108 Å². The molecule has 1 aromatic rings. The van der Waals surface area contributed by atoms with Gasteiger partial charge in [0.25, 0.3) is 0 Å². The van der Waals surface area contributed by atoms with Crippen LogP contribution in [0.3, 0.4) is 0 Å². The van der Waals surface area contributed by atoms with Crippen molar-refractivity contribution in [3.05, 3.63) is 18.5 Å². The summed E-state index contributed by atoms with van der Waals surface area (Å²) >= 11 is 0. The summed E-state index contributed by atoms with van der Waals surface area (Å²) < 4.78 is 1.87. The molecule has 1 atom stereocenters. The molecule has 0 aliphatic heterocycles. The third kappa shape index (κ3) is 6.97. The van der Waals surface area contributed by atoms with Gasteiger partial charge < -0.3 is 11.1 Å². The molecule has 98 valence electrons. The van der Waals surface area contributed by atoms with Crippen molar-refractivity contribution in [2.45, 2.75) is 26.3 Å². The maximum atomic E-state index is 11.3. The lowest BCUT2D eigenvalue weighted by Gasteiger charge is -2.12. The zero-order valence-electron chi connectivity index (χ0n) is 10.1. The van der Waals surface area contributed by atoms with Crippen LogP contribution >= 0.6 is 12.4 Å². The van der Waals surface area contributed by atoms with Crippen molar-refractivity contribution in [3.8, 4) is 0 Å². The molecule has 0 bridgehead atoms. The summed E-state index contributed by atoms with van der Waals surface area (Å²) in [6.45, 7) is 4.16. The molecule has 1 aromatic heterocycles. The molecule has 6 heteroatoms. The van der Waals surface area contributed by atoms with Crippen LogP contribution in [0.5, 0.6) is 0 Å². The average molecular weight is 261 g/mol. The third-order valence-electron chi connectivity index (χ3n) is 2.31. The molecule has 1 unspecified atom stereocenters. The van der Waals surface area contributed by atoms with Crippen LogP contribution in [0.25, 0.3) is 0 Å². The molecule has 0 radical (unpaired) electrons. The molecule has 0 saturated heterocycles. The summed E-state index contributed by atoms with van der Waals surface area (Å²) in [6, 6.07) is 1.90. The van der Waals surface area contributed by atoms with Gasteiger partial charge in [-0.1, -0.05) is 6.92 Å². The summed E-state index contributed by atoms with van der Waals surface area (Å²) in [6.07, 6.45) is 4.95. The van der Waals surface area contributed by atoms with Gasteiger partial charge in [-0.25, -0.2) is 0 Å². The van der Waals surface area contributed by atoms with Crippen molar-refractivity contribution in [2.75, 3.05) is 13.1 Å². The van der Waals surface area contributed by atoms with Gasteiger partial charge in [0.05, 0.1) is 0 Å². The Morgan fingerprint density at radius 1 is 1.59 bits per heavy atom. The Morgan fingerprint density at radius 3 is 2.94 bits per heavy atom. The van der Waals surface area contributed by atoms with Crippen molar-refractivity contribution in [1.82, 2.24) is 15.1 Å². The molecular formula is C11H21ClN4O. The Bertz CT molecular complexity index is 302. The van der Waals surface area contributed by atoms with Crippen molar-refractivity contribution in [1.29, 1.82) is 0 Å². The Morgan fingerprint density at radius 2 is 2.35 bits per heavy atom. The minimum absolute atomic E-state index is 0. The number of hydrogen-bond acceptors (Lipinski definition) is 3. The molecule has 1 amide bonds. The minimum atomic E-state index is 0. The topological polar surface area (TPSA) is 72.9 Å². The number of nitrogens with zero attached hydrogens (tertiary/aromatic N) is 2. The highest BCUT2D eigenvalue weighted by atomic mass is 35.5. The average Bonchev–Trinajstić information content (AvgIpc) is 2.76. The van der Waals surface area contributed by atoms with Crippen molar-refractivity contribution in [2.24, 2.45) is 11.7 Å². The summed E-state index contributed by atoms with van der Waals surface area (Å²) in [7, 11) is 0. The van der Waals surface area contributed by atoms with Gasteiger partial charge in [0.1, 0.15) is 0 Å². The summed E-state index contributed by atoms with van der Waals surface area (Å²) in [5.74, 6) is 0.458. The number of carbonyl (C=O) groups excluding carboxylic acids is 1. The lowest BCUT2D eigenvalue weighted by Crippen LogP contribution is -2.30. The third-order valence-corrected chi connectivity index (χ3v) is 2.31. The standard InChI is InChI=1S/C11H20N4O.ClH/c1-10(9-15-7-3-6-14-15)8-13-11(16)4-2-5-12;/h3,6-7,10H,2,4-5,8-9,12H2,1H3,(H,13,16);1H. The first-order valence-corrected chi connectivity index (χ1v) is 5.66. The molecule has 1 heterocycles. The van der Waals surface area contributed by atoms with Crippen LogP contribution in [0, 0.1) is 5.92 Å². The first-order chi connectivity index (χ1) is 7.72. The largest absolute Gasteiger partial charge is 0.356 e. The second-order valence-electron chi connectivity index (χ2n) is 4.03. The predicted octanol–water partition coefficient (Wildman–Crippen LogP) is 0.796. The van der Waals surface area contributed by atoms with Crippen LogP contribution in [0.15, 0.2) is 18.5 Å². The number of nitrogens with one attached hydrogen (secondary N) is 1. The number of nitrogens with two attached hydrogens (primary N) is 1. The fraction of sp³-hybridized carbons (Fsp3) is 0.636. The van der Waals surface area contributed by atoms with Crippen LogP contribution in [0.1, 0.15) is 19.8 Å². The molecule has 0 spiro atoms. The smallest absolute Gasteiger partial charge is 0.220 e. The fourth-order valence-corrected chi connectivity index (χ4v) is 1.43. The van der Waals surface area contributed by atoms with E-state index in [9.17, 15) is 4.79 Å². The highest BCUT2D eigenvalue weighted by Crippen LogP contribution is 1.98. The van der Waals surface area contributed by atoms with Gasteiger partial charge in [0, 0.05) is 31.9 Å². The summed E-state index contributed by atoms with van der Waals surface area (Å²) in [4.78, 5) is 11.3. The molecule has 0 aliphatic rings. The highest BCUT2D eigenvalue weighted by Gasteiger charge is 2.05. The van der Waals surface area contributed by atoms with Crippen molar-refractivity contribution in [3.63, 3.8) is 0 Å². The number of carbonyl (C=O) groups is 1. The van der Waals surface area contributed by atoms with Crippen molar-refractivity contribution < 1.29 is 4.79 Å². The SMILES string of the molecule is CC(CNC(=O)CCCN)Cn1cccn1.Cl. The van der Waals surface area contributed by atoms with Gasteiger partial charge in [-0.3, -0.25) is 9.48 Å². The first-order valence-electron chi connectivity index (χ1n) is 5.66. The van der Waals surface area contributed by atoms with E-state index in [0.717, 1.165) is 13.0 Å². The second-order valence-corrected chi connectivity index (χ2v) is 4.03. The summed E-state index contributed by atoms with van der Waals surface area (Å²) in [5.41, 5.74) is 5.33. The zero-order valence-corrected chi connectivity index (χ0v) is 10.9. The van der Waals surface area contributed by atoms with E-state index in [2.05, 4.69) is 17.3 Å². The molecule has 3 N–H and O–H groups in total. The maximum Gasteiger partial charge on any atom is 0.220 e. The number of halogens is 1. The molecule has 0 aliphatic carbocycles. The lowest BCUT2D eigenvalue weighted by atomic mass is 10.2. The normalized spacial score (nSPS) is 11.6. The molecule has 0 aromatic carbocycles. The quantitative estimate of drug-likeness (QED) is 0.762. The molecule has 1 rings (SSSR count). The lowest BCUT2D eigenvalue weighted by molar-refractivity contribution is -0.121. The van der Waals surface area contributed by atoms with Gasteiger partial charge >= 0.3 is 0 Å². The molecular weight excluding hydrogens is 240 g/mol. The second kappa shape index (κ2) is 9.01. The van der Waals surface area contributed by atoms with E-state index in [0.29, 0.717) is 25.4 Å². The number of aromatic nitrogens is 2. The molecule has 0 saturated carbocycles. The zero-order chi connectivity index (χ0) is 11.8. The van der Waals surface area contributed by atoms with Gasteiger partial charge in [0.15, 0.2) is 0 Å². The van der Waals surface area contributed by atoms with Gasteiger partial charge in [-0.05, 0) is 24.9 Å². The van der Waals surface area contributed by atoms with E-state index >= 15 is 0 Å². The number of amides is 1. The van der Waals surface area contributed by atoms with E-state index in [1.807, 2.05) is 16.9 Å². The van der Waals surface area contributed by atoms with Crippen LogP contribution in [0.2, 0.25) is 0 Å². The number of rotatable bonds is 7. The minimum Gasteiger partial charge on any atom is -0.356 e. The van der Waals surface area contributed by atoms with E-state index in [-0.39, 0.29) is 18.3 Å². The van der Waals surface area contributed by atoms with E-state index in [1.165, 1.54) is 0 Å². The van der Waals surface area contributed by atoms with E-state index < -0.39 is 0 Å². The molecule has 17 heavy (non-hydrogen) atoms. The predicted molar refractivity (Wildman–Crippen MR) is 69.9 cm³/mol. The molecule has 0 fully saturated rings. The Balaban J connectivity index is 0.00000256. The monoisotopic (exact) mass is 260 g/mol. The van der Waals surface area contributed by atoms with E-state index in [1.54, 1.807) is 6.20 Å². The maximum absolute atomic E-state index is 11.3. The van der Waals surface area contributed by atoms with Gasteiger partial charge in [-0.15, -0.1) is 12.4 Å². The van der Waals surface area contributed by atoms with Crippen molar-refractivity contribution >= 4 is 18.3 Å². The van der Waals surface area contributed by atoms with Crippen LogP contribution in [0.4, 0.5) is 0 Å². The van der Waals surface area contributed by atoms with Gasteiger partial charge in [0.2, 0.25) is 5.91 Å². The highest BCUT2D eigenvalue weighted by molar-refractivity contribution is 5.85. The fourth-order valence-electron chi connectivity index (χ4n) is 1.43. The van der Waals surface area contributed by atoms with E-state index in [4.69, 9.17) is 5.73 Å². The first kappa shape index (κ1) is 15.9. The van der Waals surface area contributed by atoms with Crippen LogP contribution in [-0.4, -0.2) is 28.8 Å². The molecule has 5 nitrogen and oxygen atoms in total. The van der Waals surface area contributed by atoms with Crippen LogP contribution < -0.4 is 11.1 Å².